The normalized spacial score (nSPS) is 20.2. The first-order valence-corrected chi connectivity index (χ1v) is 7.14. The first-order chi connectivity index (χ1) is 7.14. The molecule has 0 bridgehead atoms. The Hall–Kier alpha value is 0.140. The van der Waals surface area contributed by atoms with E-state index in [-0.39, 0.29) is 0 Å². The molecule has 0 aliphatic heterocycles. The minimum Gasteiger partial charge on any atom is -0.319 e. The third kappa shape index (κ3) is 2.83. The van der Waals surface area contributed by atoms with E-state index in [1.165, 1.54) is 27.9 Å². The minimum absolute atomic E-state index is 0.457. The molecular weight excluding hydrogens is 270 g/mol. The zero-order chi connectivity index (χ0) is 10.9. The summed E-state index contributed by atoms with van der Waals surface area (Å²) in [4.78, 5) is 1.51. The number of nitrogens with one attached hydrogen (secondary N) is 1. The molecule has 15 heavy (non-hydrogen) atoms. The molecule has 0 aromatic carbocycles. The van der Waals surface area contributed by atoms with Crippen molar-refractivity contribution in [1.29, 1.82) is 0 Å². The molecule has 0 amide bonds. The monoisotopic (exact) mass is 287 g/mol. The van der Waals surface area contributed by atoms with Gasteiger partial charge in [-0.05, 0) is 65.7 Å². The third-order valence-corrected chi connectivity index (χ3v) is 4.97. The quantitative estimate of drug-likeness (QED) is 0.871. The molecule has 1 aliphatic carbocycles. The van der Waals surface area contributed by atoms with Crippen molar-refractivity contribution < 1.29 is 0 Å². The van der Waals surface area contributed by atoms with Crippen molar-refractivity contribution in [3.05, 3.63) is 20.8 Å². The van der Waals surface area contributed by atoms with E-state index >= 15 is 0 Å². The molecule has 1 aliphatic rings. The van der Waals surface area contributed by atoms with Crippen LogP contribution in [0.4, 0.5) is 0 Å². The first-order valence-electron chi connectivity index (χ1n) is 5.53. The fourth-order valence-electron chi connectivity index (χ4n) is 2.38. The minimum atomic E-state index is 0.457. The summed E-state index contributed by atoms with van der Waals surface area (Å²) in [6, 6.07) is 4.41. The van der Waals surface area contributed by atoms with Crippen molar-refractivity contribution in [2.75, 3.05) is 13.6 Å². The zero-order valence-electron chi connectivity index (χ0n) is 9.35. The van der Waals surface area contributed by atoms with E-state index in [1.54, 1.807) is 0 Å². The third-order valence-electron chi connectivity index (χ3n) is 3.35. The molecule has 1 aromatic heterocycles. The van der Waals surface area contributed by atoms with Gasteiger partial charge in [-0.2, -0.15) is 0 Å². The highest BCUT2D eigenvalue weighted by Crippen LogP contribution is 2.47. The maximum atomic E-state index is 3.53. The maximum absolute atomic E-state index is 3.53. The predicted molar refractivity (Wildman–Crippen MR) is 70.5 cm³/mol. The van der Waals surface area contributed by atoms with Gasteiger partial charge in [0.1, 0.15) is 0 Å². The van der Waals surface area contributed by atoms with E-state index in [1.807, 2.05) is 11.3 Å². The molecule has 1 saturated carbocycles. The Morgan fingerprint density at radius 1 is 1.53 bits per heavy atom. The van der Waals surface area contributed by atoms with Crippen LogP contribution in [0.5, 0.6) is 0 Å². The van der Waals surface area contributed by atoms with Gasteiger partial charge >= 0.3 is 0 Å². The first kappa shape index (κ1) is 11.6. The fourth-order valence-corrected chi connectivity index (χ4v) is 4.06. The van der Waals surface area contributed by atoms with E-state index in [0.717, 1.165) is 12.5 Å². The van der Waals surface area contributed by atoms with Crippen LogP contribution in [0.15, 0.2) is 15.9 Å². The Balaban J connectivity index is 2.06. The van der Waals surface area contributed by atoms with E-state index in [2.05, 4.69) is 47.4 Å². The number of thiophene rings is 1. The fraction of sp³-hybridized carbons (Fsp3) is 0.667. The Morgan fingerprint density at radius 3 is 2.73 bits per heavy atom. The standard InChI is InChI=1S/C12H18BrNS/c1-12(8-14-2,9-3-4-9)7-10-5-6-11(13)15-10/h5-6,9,14H,3-4,7-8H2,1-2H3. The van der Waals surface area contributed by atoms with Gasteiger partial charge in [-0.25, -0.2) is 0 Å². The lowest BCUT2D eigenvalue weighted by Gasteiger charge is -2.29. The highest BCUT2D eigenvalue weighted by atomic mass is 79.9. The Morgan fingerprint density at radius 2 is 2.27 bits per heavy atom. The summed E-state index contributed by atoms with van der Waals surface area (Å²) in [5.74, 6) is 0.936. The van der Waals surface area contributed by atoms with Crippen LogP contribution in [0.1, 0.15) is 24.6 Å². The molecular formula is C12H18BrNS. The largest absolute Gasteiger partial charge is 0.319 e. The summed E-state index contributed by atoms with van der Waals surface area (Å²) in [6.45, 7) is 3.56. The van der Waals surface area contributed by atoms with Crippen molar-refractivity contribution in [3.63, 3.8) is 0 Å². The molecule has 0 saturated heterocycles. The van der Waals surface area contributed by atoms with Gasteiger partial charge in [-0.3, -0.25) is 0 Å². The van der Waals surface area contributed by atoms with Crippen LogP contribution in [-0.2, 0) is 6.42 Å². The summed E-state index contributed by atoms with van der Waals surface area (Å²) < 4.78 is 1.25. The number of rotatable bonds is 5. The van der Waals surface area contributed by atoms with E-state index in [4.69, 9.17) is 0 Å². The van der Waals surface area contributed by atoms with Gasteiger partial charge in [-0.15, -0.1) is 11.3 Å². The second kappa shape index (κ2) is 4.56. The van der Waals surface area contributed by atoms with Gasteiger partial charge in [0.2, 0.25) is 0 Å². The number of halogens is 1. The van der Waals surface area contributed by atoms with Gasteiger partial charge in [0, 0.05) is 11.4 Å². The molecule has 1 atom stereocenters. The number of hydrogen-bond acceptors (Lipinski definition) is 2. The average Bonchev–Trinajstić information content (AvgIpc) is 2.93. The summed E-state index contributed by atoms with van der Waals surface area (Å²) in [6.07, 6.45) is 4.06. The van der Waals surface area contributed by atoms with Crippen LogP contribution < -0.4 is 5.32 Å². The molecule has 2 rings (SSSR count). The van der Waals surface area contributed by atoms with Crippen LogP contribution in [0.2, 0.25) is 0 Å². The summed E-state index contributed by atoms with van der Waals surface area (Å²) in [7, 11) is 2.06. The summed E-state index contributed by atoms with van der Waals surface area (Å²) >= 11 is 5.41. The van der Waals surface area contributed by atoms with Gasteiger partial charge in [0.05, 0.1) is 3.79 Å². The molecule has 1 unspecified atom stereocenters. The highest BCUT2D eigenvalue weighted by molar-refractivity contribution is 9.11. The molecule has 1 heterocycles. The zero-order valence-corrected chi connectivity index (χ0v) is 11.7. The van der Waals surface area contributed by atoms with E-state index in [9.17, 15) is 0 Å². The Bertz CT molecular complexity index is 332. The topological polar surface area (TPSA) is 12.0 Å². The van der Waals surface area contributed by atoms with Gasteiger partial charge in [0.25, 0.3) is 0 Å². The summed E-state index contributed by atoms with van der Waals surface area (Å²) in [5.41, 5.74) is 0.457. The Kier molecular flexibility index (Phi) is 3.53. The van der Waals surface area contributed by atoms with Gasteiger partial charge < -0.3 is 5.32 Å². The van der Waals surface area contributed by atoms with Crippen molar-refractivity contribution in [2.24, 2.45) is 11.3 Å². The molecule has 1 aromatic rings. The van der Waals surface area contributed by atoms with Gasteiger partial charge in [0.15, 0.2) is 0 Å². The van der Waals surface area contributed by atoms with Crippen LogP contribution in [0.25, 0.3) is 0 Å². The summed E-state index contributed by atoms with van der Waals surface area (Å²) in [5, 5.41) is 3.35. The SMILES string of the molecule is CNCC(C)(Cc1ccc(Br)s1)C1CC1. The highest BCUT2D eigenvalue weighted by Gasteiger charge is 2.41. The Labute approximate surface area is 104 Å². The molecule has 0 radical (unpaired) electrons. The van der Waals surface area contributed by atoms with Crippen molar-refractivity contribution >= 4 is 27.3 Å². The molecule has 84 valence electrons. The number of hydrogen-bond donors (Lipinski definition) is 1. The van der Waals surface area contributed by atoms with Crippen molar-refractivity contribution in [3.8, 4) is 0 Å². The molecule has 3 heteroatoms. The van der Waals surface area contributed by atoms with Crippen LogP contribution >= 0.6 is 27.3 Å². The lowest BCUT2D eigenvalue weighted by molar-refractivity contribution is 0.265. The van der Waals surface area contributed by atoms with E-state index < -0.39 is 0 Å². The smallest absolute Gasteiger partial charge is 0.0701 e. The van der Waals surface area contributed by atoms with E-state index in [0.29, 0.717) is 5.41 Å². The molecule has 1 N–H and O–H groups in total. The van der Waals surface area contributed by atoms with Gasteiger partial charge in [-0.1, -0.05) is 6.92 Å². The lowest BCUT2D eigenvalue weighted by atomic mass is 9.81. The van der Waals surface area contributed by atoms with Crippen molar-refractivity contribution in [1.82, 2.24) is 5.32 Å². The van der Waals surface area contributed by atoms with Crippen LogP contribution in [-0.4, -0.2) is 13.6 Å². The van der Waals surface area contributed by atoms with Crippen molar-refractivity contribution in [2.45, 2.75) is 26.2 Å². The van der Waals surface area contributed by atoms with Crippen LogP contribution in [0.3, 0.4) is 0 Å². The molecule has 1 fully saturated rings. The predicted octanol–water partition coefficient (Wildman–Crippen LogP) is 3.69. The van der Waals surface area contributed by atoms with Crippen LogP contribution in [0, 0.1) is 11.3 Å². The lowest BCUT2D eigenvalue weighted by Crippen LogP contribution is -2.33. The molecule has 0 spiro atoms. The second-order valence-electron chi connectivity index (χ2n) is 4.84. The average molecular weight is 288 g/mol. The maximum Gasteiger partial charge on any atom is 0.0701 e. The second-order valence-corrected chi connectivity index (χ2v) is 7.39. The molecule has 1 nitrogen and oxygen atoms in total.